The molecular weight excluding hydrogens is 686 g/mol. The Morgan fingerprint density at radius 3 is 2.12 bits per heavy atom. The molecule has 5 aromatic carbocycles. The zero-order valence-electron chi connectivity index (χ0n) is 26.5. The molecule has 1 atom stereocenters. The lowest BCUT2D eigenvalue weighted by Gasteiger charge is -2.30. The van der Waals surface area contributed by atoms with Gasteiger partial charge in [0.2, 0.25) is 0 Å². The van der Waals surface area contributed by atoms with E-state index in [1.807, 2.05) is 22.8 Å². The van der Waals surface area contributed by atoms with E-state index < -0.39 is 0 Å². The van der Waals surface area contributed by atoms with Crippen LogP contribution in [-0.4, -0.2) is 9.13 Å². The van der Waals surface area contributed by atoms with Crippen molar-refractivity contribution in [1.82, 2.24) is 9.13 Å². The number of aryl methyl sites for hydroxylation is 1. The lowest BCUT2D eigenvalue weighted by molar-refractivity contribution is 0.585. The number of para-hydroxylation sites is 1. The van der Waals surface area contributed by atoms with Crippen molar-refractivity contribution in [3.8, 4) is 28.2 Å². The predicted molar refractivity (Wildman–Crippen MR) is 204 cm³/mol. The molecule has 0 saturated carbocycles. The van der Waals surface area contributed by atoms with E-state index in [9.17, 15) is 4.79 Å². The maximum absolute atomic E-state index is 14.7. The number of hydrogen-bond acceptors (Lipinski definition) is 3. The van der Waals surface area contributed by atoms with Crippen LogP contribution >= 0.6 is 27.3 Å². The molecule has 3 heterocycles. The molecule has 4 nitrogen and oxygen atoms in total. The molecule has 236 valence electrons. The van der Waals surface area contributed by atoms with E-state index in [0.29, 0.717) is 4.53 Å². The number of aromatic nitrogens is 2. The Morgan fingerprint density at radius 1 is 0.735 bits per heavy atom. The van der Waals surface area contributed by atoms with Crippen LogP contribution in [-0.2, 0) is 6.42 Å². The van der Waals surface area contributed by atoms with Gasteiger partial charge < -0.3 is 4.57 Å². The number of benzene rings is 5. The Hall–Kier alpha value is -5.30. The molecule has 0 saturated heterocycles. The van der Waals surface area contributed by atoms with E-state index in [-0.39, 0.29) is 11.6 Å². The molecule has 1 aliphatic carbocycles. The van der Waals surface area contributed by atoms with Gasteiger partial charge in [0.25, 0.3) is 5.56 Å². The maximum atomic E-state index is 14.7. The van der Waals surface area contributed by atoms with Gasteiger partial charge in [0.1, 0.15) is 0 Å². The number of thiazole rings is 1. The molecule has 0 bridgehead atoms. The Kier molecular flexibility index (Phi) is 7.48. The molecule has 49 heavy (non-hydrogen) atoms. The molecular formula is C43H30BrN3OS. The van der Waals surface area contributed by atoms with Gasteiger partial charge in [-0.1, -0.05) is 143 Å². The summed E-state index contributed by atoms with van der Waals surface area (Å²) >= 11 is 5.09. The lowest BCUT2D eigenvalue weighted by atomic mass is 9.83. The third kappa shape index (κ3) is 5.19. The molecule has 2 aliphatic rings. The van der Waals surface area contributed by atoms with Crippen LogP contribution in [0.1, 0.15) is 34.7 Å². The van der Waals surface area contributed by atoms with E-state index >= 15 is 0 Å². The van der Waals surface area contributed by atoms with Gasteiger partial charge in [0.05, 0.1) is 27.7 Å². The highest BCUT2D eigenvalue weighted by Gasteiger charge is 2.32. The van der Waals surface area contributed by atoms with Crippen LogP contribution in [0.5, 0.6) is 0 Å². The molecule has 0 unspecified atom stereocenters. The minimum Gasteiger partial charge on any atom is -0.309 e. The van der Waals surface area contributed by atoms with Crippen LogP contribution < -0.4 is 14.9 Å². The van der Waals surface area contributed by atoms with Crippen molar-refractivity contribution >= 4 is 39.0 Å². The number of rotatable bonds is 5. The topological polar surface area (TPSA) is 39.3 Å². The first-order chi connectivity index (χ1) is 24.1. The average molecular weight is 717 g/mol. The van der Waals surface area contributed by atoms with Crippen LogP contribution in [0.15, 0.2) is 165 Å². The molecule has 6 heteroatoms. The summed E-state index contributed by atoms with van der Waals surface area (Å²) in [7, 11) is 0. The first-order valence-corrected chi connectivity index (χ1v) is 18.1. The summed E-state index contributed by atoms with van der Waals surface area (Å²) in [6, 6.07) is 50.3. The second-order valence-electron chi connectivity index (χ2n) is 12.4. The Bertz CT molecular complexity index is 2560. The summed E-state index contributed by atoms with van der Waals surface area (Å²) in [5.74, 6) is 0. The van der Waals surface area contributed by atoms with Crippen molar-refractivity contribution in [1.29, 1.82) is 0 Å². The fourth-order valence-electron chi connectivity index (χ4n) is 7.31. The fourth-order valence-corrected chi connectivity index (χ4v) is 8.56. The van der Waals surface area contributed by atoms with Gasteiger partial charge in [-0.05, 0) is 77.1 Å². The molecule has 0 fully saturated rings. The largest absolute Gasteiger partial charge is 0.309 e. The Morgan fingerprint density at radius 2 is 1.39 bits per heavy atom. The van der Waals surface area contributed by atoms with E-state index in [2.05, 4.69) is 154 Å². The van der Waals surface area contributed by atoms with E-state index in [0.717, 1.165) is 67.1 Å². The third-order valence-corrected chi connectivity index (χ3v) is 11.0. The van der Waals surface area contributed by atoms with Crippen molar-refractivity contribution in [3.63, 3.8) is 0 Å². The lowest BCUT2D eigenvalue weighted by Crippen LogP contribution is -2.38. The van der Waals surface area contributed by atoms with E-state index in [4.69, 9.17) is 4.99 Å². The molecule has 7 aromatic rings. The summed E-state index contributed by atoms with van der Waals surface area (Å²) in [6.45, 7) is 0. The number of fused-ring (bicyclic) bond motifs is 3. The van der Waals surface area contributed by atoms with Gasteiger partial charge in [-0.25, -0.2) is 4.99 Å². The van der Waals surface area contributed by atoms with E-state index in [1.165, 1.54) is 28.0 Å². The van der Waals surface area contributed by atoms with Crippen molar-refractivity contribution in [3.05, 3.63) is 198 Å². The third-order valence-electron chi connectivity index (χ3n) is 9.51. The van der Waals surface area contributed by atoms with E-state index in [1.54, 1.807) is 0 Å². The molecule has 1 aliphatic heterocycles. The Labute approximate surface area is 296 Å². The highest BCUT2D eigenvalue weighted by atomic mass is 79.9. The standard InChI is InChI=1S/C43H30BrN3OS/c44-33-23-20-31(21-24-33)41-36-25-22-28-12-10-11-19-35(28)39(36)45-43-47(41)42(48)38(49-43)27-32-26-37(29-13-4-1-5-14-29)46(34-17-8-3-9-18-34)40(32)30-15-6-2-7-16-30/h1-21,23-24,26-27,41H,22,25H2/b38-27+/t41-/m0/s1. The monoisotopic (exact) mass is 715 g/mol. The normalized spacial score (nSPS) is 15.4. The van der Waals surface area contributed by atoms with Gasteiger partial charge in [-0.3, -0.25) is 9.36 Å². The zero-order valence-corrected chi connectivity index (χ0v) is 28.9. The summed E-state index contributed by atoms with van der Waals surface area (Å²) in [5, 5.41) is 0. The van der Waals surface area contributed by atoms with Crippen LogP contribution in [0.2, 0.25) is 0 Å². The second kappa shape index (κ2) is 12.3. The smallest absolute Gasteiger partial charge is 0.271 e. The summed E-state index contributed by atoms with van der Waals surface area (Å²) in [5.41, 5.74) is 12.1. The van der Waals surface area contributed by atoms with Crippen LogP contribution in [0, 0.1) is 0 Å². The average Bonchev–Trinajstić information content (AvgIpc) is 3.69. The molecule has 0 radical (unpaired) electrons. The predicted octanol–water partition coefficient (Wildman–Crippen LogP) is 9.21. The Balaban J connectivity index is 1.32. The first kappa shape index (κ1) is 29.8. The van der Waals surface area contributed by atoms with Gasteiger partial charge in [-0.15, -0.1) is 0 Å². The van der Waals surface area contributed by atoms with Crippen molar-refractivity contribution < 1.29 is 0 Å². The highest BCUT2D eigenvalue weighted by molar-refractivity contribution is 9.10. The number of hydrogen-bond donors (Lipinski definition) is 0. The molecule has 0 spiro atoms. The molecule has 9 rings (SSSR count). The molecule has 2 aromatic heterocycles. The number of nitrogens with zero attached hydrogens (tertiary/aromatic N) is 3. The second-order valence-corrected chi connectivity index (χ2v) is 14.3. The van der Waals surface area contributed by atoms with Gasteiger partial charge >= 0.3 is 0 Å². The quantitative estimate of drug-likeness (QED) is 0.175. The van der Waals surface area contributed by atoms with Crippen molar-refractivity contribution in [2.45, 2.75) is 18.9 Å². The van der Waals surface area contributed by atoms with Crippen molar-refractivity contribution in [2.75, 3.05) is 0 Å². The number of allylic oxidation sites excluding steroid dienone is 1. The first-order valence-electron chi connectivity index (χ1n) is 16.4. The van der Waals surface area contributed by atoms with Gasteiger partial charge in [0, 0.05) is 21.3 Å². The summed E-state index contributed by atoms with van der Waals surface area (Å²) < 4.78 is 5.92. The van der Waals surface area contributed by atoms with Gasteiger partial charge in [-0.2, -0.15) is 0 Å². The molecule has 0 N–H and O–H groups in total. The zero-order chi connectivity index (χ0) is 32.9. The molecule has 0 amide bonds. The maximum Gasteiger partial charge on any atom is 0.271 e. The SMILES string of the molecule is O=c1/c(=C\c2cc(-c3ccccc3)n(-c3ccccc3)c2-c2ccccc2)sc2n1[C@@H](c1ccc(Br)cc1)C1=C(N=2)c2ccccc2CC1. The van der Waals surface area contributed by atoms with Crippen LogP contribution in [0.25, 0.3) is 40.0 Å². The minimum atomic E-state index is -0.225. The van der Waals surface area contributed by atoms with Crippen LogP contribution in [0.4, 0.5) is 0 Å². The fraction of sp³-hybridized carbons (Fsp3) is 0.0698. The number of halogens is 1. The minimum absolute atomic E-state index is 0.0187. The summed E-state index contributed by atoms with van der Waals surface area (Å²) in [4.78, 5) is 20.7. The highest BCUT2D eigenvalue weighted by Crippen LogP contribution is 2.42. The summed E-state index contributed by atoms with van der Waals surface area (Å²) in [6.07, 6.45) is 3.87. The van der Waals surface area contributed by atoms with Gasteiger partial charge in [0.15, 0.2) is 4.80 Å². The van der Waals surface area contributed by atoms with Crippen LogP contribution in [0.3, 0.4) is 0 Å². The van der Waals surface area contributed by atoms with Crippen molar-refractivity contribution in [2.24, 2.45) is 4.99 Å².